The number of nitriles is 1. The molecule has 1 saturated heterocycles. The minimum atomic E-state index is -0.780. The molecule has 20 heavy (non-hydrogen) atoms. The topological polar surface area (TPSA) is 61.2 Å². The number of benzene rings is 1. The summed E-state index contributed by atoms with van der Waals surface area (Å²) in [6.45, 7) is 2.02. The van der Waals surface area contributed by atoms with Crippen LogP contribution in [0.2, 0.25) is 0 Å². The summed E-state index contributed by atoms with van der Waals surface area (Å²) in [6, 6.07) is 7.49. The number of nitrogens with zero attached hydrogens (tertiary/aromatic N) is 2. The van der Waals surface area contributed by atoms with Gasteiger partial charge in [-0.25, -0.2) is 4.39 Å². The summed E-state index contributed by atoms with van der Waals surface area (Å²) in [4.78, 5) is 25.9. The number of hydrogen-bond donors (Lipinski definition) is 0. The van der Waals surface area contributed by atoms with Gasteiger partial charge in [0.2, 0.25) is 5.91 Å². The van der Waals surface area contributed by atoms with E-state index >= 15 is 0 Å². The standard InChI is InChI=1S/C15H15FN2O2/c1-10(9-17)14(19)13-3-2-8-18(15(13)20)12-6-4-11(16)5-7-12/h4-7,10,13H,2-3,8H2,1H3/t10-,13+/m0/s1. The van der Waals surface area contributed by atoms with Crippen LogP contribution in [0.15, 0.2) is 24.3 Å². The largest absolute Gasteiger partial charge is 0.312 e. The molecule has 1 aromatic rings. The van der Waals surface area contributed by atoms with Crippen LogP contribution >= 0.6 is 0 Å². The van der Waals surface area contributed by atoms with E-state index in [-0.39, 0.29) is 17.5 Å². The minimum absolute atomic E-state index is 0.296. The first-order valence-electron chi connectivity index (χ1n) is 6.55. The minimum Gasteiger partial charge on any atom is -0.312 e. The van der Waals surface area contributed by atoms with Crippen LogP contribution in [-0.2, 0) is 9.59 Å². The first kappa shape index (κ1) is 14.2. The number of hydrogen-bond acceptors (Lipinski definition) is 3. The molecule has 1 aliphatic heterocycles. The smallest absolute Gasteiger partial charge is 0.237 e. The average molecular weight is 274 g/mol. The lowest BCUT2D eigenvalue weighted by atomic mass is 9.87. The number of carbonyl (C=O) groups excluding carboxylic acids is 2. The highest BCUT2D eigenvalue weighted by atomic mass is 19.1. The first-order chi connectivity index (χ1) is 9.54. The Morgan fingerprint density at radius 3 is 2.70 bits per heavy atom. The SMILES string of the molecule is C[C@@H](C#N)C(=O)[C@H]1CCCN(c2ccc(F)cc2)C1=O. The summed E-state index contributed by atoms with van der Waals surface area (Å²) in [5.74, 6) is -2.54. The molecule has 0 N–H and O–H groups in total. The van der Waals surface area contributed by atoms with Crippen molar-refractivity contribution in [1.82, 2.24) is 0 Å². The van der Waals surface area contributed by atoms with Crippen LogP contribution in [0.25, 0.3) is 0 Å². The molecule has 2 atom stereocenters. The fourth-order valence-corrected chi connectivity index (χ4v) is 2.38. The highest BCUT2D eigenvalue weighted by Gasteiger charge is 2.36. The number of Topliss-reactive ketones (excluding diaryl/α,β-unsaturated/α-hetero) is 1. The summed E-state index contributed by atoms with van der Waals surface area (Å²) >= 11 is 0. The van der Waals surface area contributed by atoms with Gasteiger partial charge >= 0.3 is 0 Å². The fourth-order valence-electron chi connectivity index (χ4n) is 2.38. The summed E-state index contributed by atoms with van der Waals surface area (Å²) < 4.78 is 12.9. The molecule has 0 unspecified atom stereocenters. The lowest BCUT2D eigenvalue weighted by Crippen LogP contribution is -2.45. The molecule has 1 heterocycles. The number of rotatable bonds is 3. The van der Waals surface area contributed by atoms with Crippen molar-refractivity contribution in [3.05, 3.63) is 30.1 Å². The van der Waals surface area contributed by atoms with E-state index in [1.807, 2.05) is 6.07 Å². The van der Waals surface area contributed by atoms with E-state index in [9.17, 15) is 14.0 Å². The summed E-state index contributed by atoms with van der Waals surface area (Å²) in [5, 5.41) is 8.80. The number of piperidine rings is 1. The van der Waals surface area contributed by atoms with Gasteiger partial charge in [-0.05, 0) is 44.0 Å². The van der Waals surface area contributed by atoms with E-state index in [2.05, 4.69) is 0 Å². The molecule has 0 saturated carbocycles. The summed E-state index contributed by atoms with van der Waals surface area (Å²) in [6.07, 6.45) is 1.17. The van der Waals surface area contributed by atoms with Gasteiger partial charge in [0.1, 0.15) is 11.7 Å². The van der Waals surface area contributed by atoms with Crippen LogP contribution in [0.4, 0.5) is 10.1 Å². The molecule has 1 aromatic carbocycles. The van der Waals surface area contributed by atoms with Crippen molar-refractivity contribution in [3.63, 3.8) is 0 Å². The molecule has 0 aromatic heterocycles. The van der Waals surface area contributed by atoms with E-state index in [4.69, 9.17) is 5.26 Å². The number of amides is 1. The van der Waals surface area contributed by atoms with Crippen molar-refractivity contribution >= 4 is 17.4 Å². The Labute approximate surface area is 116 Å². The number of halogens is 1. The van der Waals surface area contributed by atoms with Crippen molar-refractivity contribution in [2.24, 2.45) is 11.8 Å². The van der Waals surface area contributed by atoms with Crippen molar-refractivity contribution < 1.29 is 14.0 Å². The van der Waals surface area contributed by atoms with Crippen molar-refractivity contribution in [3.8, 4) is 6.07 Å². The molecule has 0 aliphatic carbocycles. The molecular weight excluding hydrogens is 259 g/mol. The van der Waals surface area contributed by atoms with E-state index in [1.54, 1.807) is 0 Å². The molecule has 104 valence electrons. The second kappa shape index (κ2) is 5.83. The molecular formula is C15H15FN2O2. The van der Waals surface area contributed by atoms with Crippen molar-refractivity contribution in [2.45, 2.75) is 19.8 Å². The highest BCUT2D eigenvalue weighted by molar-refractivity contribution is 6.10. The zero-order chi connectivity index (χ0) is 14.7. The molecule has 1 amide bonds. The zero-order valence-electron chi connectivity index (χ0n) is 11.2. The predicted octanol–water partition coefficient (Wildman–Crippen LogP) is 2.30. The Balaban J connectivity index is 2.21. The maximum atomic E-state index is 12.9. The van der Waals surface area contributed by atoms with Gasteiger partial charge in [-0.1, -0.05) is 0 Å². The van der Waals surface area contributed by atoms with Gasteiger partial charge in [-0.15, -0.1) is 0 Å². The summed E-state index contributed by atoms with van der Waals surface area (Å²) in [7, 11) is 0. The van der Waals surface area contributed by atoms with Crippen LogP contribution in [0.3, 0.4) is 0 Å². The number of anilines is 1. The Morgan fingerprint density at radius 2 is 2.10 bits per heavy atom. The monoisotopic (exact) mass is 274 g/mol. The van der Waals surface area contributed by atoms with E-state index in [0.717, 1.165) is 0 Å². The molecule has 0 radical (unpaired) electrons. The second-order valence-electron chi connectivity index (χ2n) is 4.91. The van der Waals surface area contributed by atoms with Gasteiger partial charge in [-0.2, -0.15) is 5.26 Å². The molecule has 2 rings (SSSR count). The third kappa shape index (κ3) is 2.69. The molecule has 0 bridgehead atoms. The molecule has 4 nitrogen and oxygen atoms in total. The Bertz CT molecular complexity index is 562. The van der Waals surface area contributed by atoms with Gasteiger partial charge in [0.05, 0.1) is 12.0 Å². The van der Waals surface area contributed by atoms with Crippen LogP contribution in [0.1, 0.15) is 19.8 Å². The van der Waals surface area contributed by atoms with Gasteiger partial charge in [-0.3, -0.25) is 9.59 Å². The second-order valence-corrected chi connectivity index (χ2v) is 4.91. The van der Waals surface area contributed by atoms with Gasteiger partial charge in [0.15, 0.2) is 5.78 Å². The molecule has 1 aliphatic rings. The van der Waals surface area contributed by atoms with Gasteiger partial charge in [0, 0.05) is 12.2 Å². The van der Waals surface area contributed by atoms with Gasteiger partial charge in [0.25, 0.3) is 0 Å². The zero-order valence-corrected chi connectivity index (χ0v) is 11.2. The third-order valence-electron chi connectivity index (χ3n) is 3.54. The highest BCUT2D eigenvalue weighted by Crippen LogP contribution is 2.26. The average Bonchev–Trinajstić information content (AvgIpc) is 2.47. The Hall–Kier alpha value is -2.22. The van der Waals surface area contributed by atoms with Crippen LogP contribution in [0.5, 0.6) is 0 Å². The molecule has 1 fully saturated rings. The maximum absolute atomic E-state index is 12.9. The first-order valence-corrected chi connectivity index (χ1v) is 6.55. The quantitative estimate of drug-likeness (QED) is 0.794. The number of carbonyl (C=O) groups is 2. The predicted molar refractivity (Wildman–Crippen MR) is 71.3 cm³/mol. The lowest BCUT2D eigenvalue weighted by Gasteiger charge is -2.32. The van der Waals surface area contributed by atoms with E-state index < -0.39 is 11.8 Å². The molecule has 5 heteroatoms. The van der Waals surface area contributed by atoms with E-state index in [0.29, 0.717) is 25.1 Å². The van der Waals surface area contributed by atoms with Crippen LogP contribution in [0, 0.1) is 29.0 Å². The van der Waals surface area contributed by atoms with Gasteiger partial charge < -0.3 is 4.90 Å². The third-order valence-corrected chi connectivity index (χ3v) is 3.54. The number of ketones is 1. The lowest BCUT2D eigenvalue weighted by molar-refractivity contribution is -0.135. The fraction of sp³-hybridized carbons (Fsp3) is 0.400. The van der Waals surface area contributed by atoms with Crippen LogP contribution in [-0.4, -0.2) is 18.2 Å². The van der Waals surface area contributed by atoms with Crippen LogP contribution < -0.4 is 4.90 Å². The maximum Gasteiger partial charge on any atom is 0.237 e. The van der Waals surface area contributed by atoms with Crippen molar-refractivity contribution in [2.75, 3.05) is 11.4 Å². The Kier molecular flexibility index (Phi) is 4.14. The summed E-state index contributed by atoms with van der Waals surface area (Å²) in [5.41, 5.74) is 0.582. The Morgan fingerprint density at radius 1 is 1.45 bits per heavy atom. The van der Waals surface area contributed by atoms with E-state index in [1.165, 1.54) is 36.1 Å². The normalized spacial score (nSPS) is 20.4. The van der Waals surface area contributed by atoms with Crippen molar-refractivity contribution in [1.29, 1.82) is 5.26 Å². The molecule has 0 spiro atoms.